The van der Waals surface area contributed by atoms with Crippen LogP contribution >= 0.6 is 11.8 Å². The Bertz CT molecular complexity index is 619. The molecule has 0 bridgehead atoms. The van der Waals surface area contributed by atoms with E-state index in [2.05, 4.69) is 50.4 Å². The predicted octanol–water partition coefficient (Wildman–Crippen LogP) is 3.13. The third kappa shape index (κ3) is 6.02. The molecule has 0 spiro atoms. The van der Waals surface area contributed by atoms with Crippen LogP contribution < -0.4 is 5.32 Å². The van der Waals surface area contributed by atoms with Crippen molar-refractivity contribution >= 4 is 23.6 Å². The number of amides is 1. The molecular formula is C20H30N2O3S. The normalized spacial score (nSPS) is 19.9. The van der Waals surface area contributed by atoms with Gasteiger partial charge in [0.15, 0.2) is 0 Å². The Morgan fingerprint density at radius 1 is 1.23 bits per heavy atom. The lowest BCUT2D eigenvalue weighted by atomic mass is 9.85. The summed E-state index contributed by atoms with van der Waals surface area (Å²) in [6.45, 7) is 9.32. The molecule has 1 amide bonds. The third-order valence-electron chi connectivity index (χ3n) is 4.83. The van der Waals surface area contributed by atoms with E-state index >= 15 is 0 Å². The maximum atomic E-state index is 12.1. The van der Waals surface area contributed by atoms with E-state index in [0.717, 1.165) is 24.3 Å². The lowest BCUT2D eigenvalue weighted by molar-refractivity contribution is -0.139. The van der Waals surface area contributed by atoms with Gasteiger partial charge in [-0.05, 0) is 42.5 Å². The standard InChI is InChI=1S/C20H30N2O3S/c1-5-22(12-19(24)25)16-10-15(11-16)21-18(23)13-26-17-8-6-14(7-9-17)20(2,3)4/h6-9,15-16H,5,10-13H2,1-4H3,(H,21,23)(H,24,25). The van der Waals surface area contributed by atoms with E-state index in [0.29, 0.717) is 5.75 Å². The van der Waals surface area contributed by atoms with E-state index in [9.17, 15) is 9.59 Å². The molecule has 1 saturated carbocycles. The van der Waals surface area contributed by atoms with Gasteiger partial charge in [0.05, 0.1) is 12.3 Å². The molecule has 0 aromatic heterocycles. The minimum absolute atomic E-state index is 0.0413. The molecule has 2 N–H and O–H groups in total. The van der Waals surface area contributed by atoms with Gasteiger partial charge in [-0.2, -0.15) is 0 Å². The number of aliphatic carboxylic acids is 1. The quantitative estimate of drug-likeness (QED) is 0.680. The summed E-state index contributed by atoms with van der Waals surface area (Å²) in [6.07, 6.45) is 1.66. The molecule has 0 unspecified atom stereocenters. The van der Waals surface area contributed by atoms with Gasteiger partial charge in [-0.3, -0.25) is 14.5 Å². The zero-order chi connectivity index (χ0) is 19.3. The summed E-state index contributed by atoms with van der Waals surface area (Å²) in [5.74, 6) is -0.351. The van der Waals surface area contributed by atoms with Crippen LogP contribution in [0.15, 0.2) is 29.2 Å². The number of likely N-dealkylation sites (N-methyl/N-ethyl adjacent to an activating group) is 1. The first-order valence-corrected chi connectivity index (χ1v) is 10.2. The fourth-order valence-corrected chi connectivity index (χ4v) is 3.86. The summed E-state index contributed by atoms with van der Waals surface area (Å²) < 4.78 is 0. The molecule has 1 aromatic carbocycles. The van der Waals surface area contributed by atoms with Crippen LogP contribution in [0.2, 0.25) is 0 Å². The number of carboxylic acids is 1. The summed E-state index contributed by atoms with van der Waals surface area (Å²) >= 11 is 1.54. The van der Waals surface area contributed by atoms with Gasteiger partial charge < -0.3 is 10.4 Å². The number of hydrogen-bond acceptors (Lipinski definition) is 4. The topological polar surface area (TPSA) is 69.6 Å². The maximum absolute atomic E-state index is 12.1. The highest BCUT2D eigenvalue weighted by atomic mass is 32.2. The molecule has 1 aromatic rings. The van der Waals surface area contributed by atoms with Crippen molar-refractivity contribution in [3.8, 4) is 0 Å². The van der Waals surface area contributed by atoms with E-state index in [-0.39, 0.29) is 30.0 Å². The van der Waals surface area contributed by atoms with Crippen LogP contribution in [0.5, 0.6) is 0 Å². The highest BCUT2D eigenvalue weighted by Crippen LogP contribution is 2.27. The molecule has 26 heavy (non-hydrogen) atoms. The van der Waals surface area contributed by atoms with E-state index in [1.807, 2.05) is 11.8 Å². The van der Waals surface area contributed by atoms with Crippen LogP contribution in [0.3, 0.4) is 0 Å². The average molecular weight is 379 g/mol. The van der Waals surface area contributed by atoms with Crippen molar-refractivity contribution in [1.29, 1.82) is 0 Å². The van der Waals surface area contributed by atoms with Gasteiger partial charge in [0.1, 0.15) is 0 Å². The summed E-state index contributed by atoms with van der Waals surface area (Å²) in [5, 5.41) is 12.0. The molecule has 2 rings (SSSR count). The Kier molecular flexibility index (Phi) is 7.12. The average Bonchev–Trinajstić information content (AvgIpc) is 2.53. The molecule has 0 atom stereocenters. The Morgan fingerprint density at radius 2 is 1.85 bits per heavy atom. The minimum Gasteiger partial charge on any atom is -0.480 e. The van der Waals surface area contributed by atoms with Gasteiger partial charge in [0, 0.05) is 17.0 Å². The molecular weight excluding hydrogens is 348 g/mol. The first-order chi connectivity index (χ1) is 12.2. The predicted molar refractivity (Wildman–Crippen MR) is 106 cm³/mol. The van der Waals surface area contributed by atoms with Crippen molar-refractivity contribution < 1.29 is 14.7 Å². The monoisotopic (exact) mass is 378 g/mol. The molecule has 0 radical (unpaired) electrons. The van der Waals surface area contributed by atoms with Crippen molar-refractivity contribution in [1.82, 2.24) is 10.2 Å². The number of nitrogens with zero attached hydrogens (tertiary/aromatic N) is 1. The SMILES string of the molecule is CCN(CC(=O)O)C1CC(NC(=O)CSc2ccc(C(C)(C)C)cc2)C1. The van der Waals surface area contributed by atoms with E-state index in [4.69, 9.17) is 5.11 Å². The summed E-state index contributed by atoms with van der Waals surface area (Å²) in [6, 6.07) is 8.82. The van der Waals surface area contributed by atoms with Crippen molar-refractivity contribution in [3.05, 3.63) is 29.8 Å². The number of rotatable bonds is 8. The Hall–Kier alpha value is -1.53. The van der Waals surface area contributed by atoms with E-state index in [1.165, 1.54) is 5.56 Å². The van der Waals surface area contributed by atoms with Crippen molar-refractivity contribution in [3.63, 3.8) is 0 Å². The molecule has 0 saturated heterocycles. The lowest BCUT2D eigenvalue weighted by Crippen LogP contribution is -2.55. The lowest BCUT2D eigenvalue weighted by Gasteiger charge is -2.42. The molecule has 0 heterocycles. The summed E-state index contributed by atoms with van der Waals surface area (Å²) in [4.78, 5) is 26.0. The van der Waals surface area contributed by atoms with Gasteiger partial charge in [-0.25, -0.2) is 0 Å². The van der Waals surface area contributed by atoms with Crippen molar-refractivity contribution in [2.45, 2.75) is 62.9 Å². The van der Waals surface area contributed by atoms with E-state index < -0.39 is 5.97 Å². The molecule has 144 valence electrons. The number of benzene rings is 1. The highest BCUT2D eigenvalue weighted by molar-refractivity contribution is 8.00. The second-order valence-electron chi connectivity index (χ2n) is 7.91. The molecule has 0 aliphatic heterocycles. The van der Waals surface area contributed by atoms with Crippen LogP contribution in [0.4, 0.5) is 0 Å². The van der Waals surface area contributed by atoms with Crippen LogP contribution in [-0.2, 0) is 15.0 Å². The molecule has 5 nitrogen and oxygen atoms in total. The molecule has 6 heteroatoms. The second kappa shape index (κ2) is 8.91. The third-order valence-corrected chi connectivity index (χ3v) is 5.84. The minimum atomic E-state index is -0.798. The van der Waals surface area contributed by atoms with Gasteiger partial charge in [0.25, 0.3) is 0 Å². The van der Waals surface area contributed by atoms with Gasteiger partial charge in [-0.15, -0.1) is 11.8 Å². The molecule has 1 aliphatic carbocycles. The molecule has 1 fully saturated rings. The number of carbonyl (C=O) groups is 2. The van der Waals surface area contributed by atoms with Gasteiger partial charge >= 0.3 is 5.97 Å². The largest absolute Gasteiger partial charge is 0.480 e. The van der Waals surface area contributed by atoms with Crippen molar-refractivity contribution in [2.75, 3.05) is 18.8 Å². The van der Waals surface area contributed by atoms with E-state index in [1.54, 1.807) is 11.8 Å². The first kappa shape index (κ1) is 20.8. The van der Waals surface area contributed by atoms with Crippen LogP contribution in [0.1, 0.15) is 46.1 Å². The number of carboxylic acid groups (broad SMARTS) is 1. The van der Waals surface area contributed by atoms with Gasteiger partial charge in [0.2, 0.25) is 5.91 Å². The first-order valence-electron chi connectivity index (χ1n) is 9.17. The zero-order valence-electron chi connectivity index (χ0n) is 16.1. The van der Waals surface area contributed by atoms with Crippen LogP contribution in [0, 0.1) is 0 Å². The fraction of sp³-hybridized carbons (Fsp3) is 0.600. The zero-order valence-corrected chi connectivity index (χ0v) is 16.9. The van der Waals surface area contributed by atoms with Gasteiger partial charge in [-0.1, -0.05) is 39.8 Å². The second-order valence-corrected chi connectivity index (χ2v) is 8.96. The number of carbonyl (C=O) groups excluding carboxylic acids is 1. The molecule has 1 aliphatic rings. The number of thioether (sulfide) groups is 1. The van der Waals surface area contributed by atoms with Crippen LogP contribution in [0.25, 0.3) is 0 Å². The summed E-state index contributed by atoms with van der Waals surface area (Å²) in [5.41, 5.74) is 1.42. The number of nitrogens with one attached hydrogen (secondary N) is 1. The Labute approximate surface area is 160 Å². The van der Waals surface area contributed by atoms with Crippen LogP contribution in [-0.4, -0.2) is 52.8 Å². The maximum Gasteiger partial charge on any atom is 0.317 e. The summed E-state index contributed by atoms with van der Waals surface area (Å²) in [7, 11) is 0. The Morgan fingerprint density at radius 3 is 2.35 bits per heavy atom. The fourth-order valence-electron chi connectivity index (χ4n) is 3.15. The van der Waals surface area contributed by atoms with Crippen molar-refractivity contribution in [2.24, 2.45) is 0 Å². The smallest absolute Gasteiger partial charge is 0.317 e. The number of hydrogen-bond donors (Lipinski definition) is 2. The highest BCUT2D eigenvalue weighted by Gasteiger charge is 2.34. The Balaban J connectivity index is 1.71.